The Morgan fingerprint density at radius 2 is 2.04 bits per heavy atom. The molecule has 1 saturated heterocycles. The largest absolute Gasteiger partial charge is 0.351 e. The van der Waals surface area contributed by atoms with Gasteiger partial charge in [0, 0.05) is 17.6 Å². The highest BCUT2D eigenvalue weighted by atomic mass is 35.5. The molecular formula is C14H19ClN2O5S2. The van der Waals surface area contributed by atoms with Gasteiger partial charge >= 0.3 is 0 Å². The average Bonchev–Trinajstić information content (AvgIpc) is 2.78. The molecule has 1 heterocycles. The van der Waals surface area contributed by atoms with Crippen LogP contribution in [0.5, 0.6) is 0 Å². The molecule has 2 rings (SSSR count). The second-order valence-electron chi connectivity index (χ2n) is 5.79. The quantitative estimate of drug-likeness (QED) is 0.752. The van der Waals surface area contributed by atoms with Gasteiger partial charge in [0.25, 0.3) is 0 Å². The summed E-state index contributed by atoms with van der Waals surface area (Å²) in [5.41, 5.74) is 0.584. The van der Waals surface area contributed by atoms with Gasteiger partial charge < -0.3 is 5.32 Å². The normalized spacial score (nSPS) is 20.2. The Kier molecular flexibility index (Phi) is 5.90. The van der Waals surface area contributed by atoms with Gasteiger partial charge in [-0.2, -0.15) is 4.31 Å². The molecule has 0 radical (unpaired) electrons. The SMILES string of the molecule is CS(=O)(=O)N(CC(=O)NC1CCS(=O)(=O)C1)Cc1ccccc1Cl. The summed E-state index contributed by atoms with van der Waals surface area (Å²) in [6.45, 7) is -0.421. The monoisotopic (exact) mass is 394 g/mol. The van der Waals surface area contributed by atoms with Gasteiger partial charge in [-0.25, -0.2) is 16.8 Å². The molecule has 0 aromatic heterocycles. The fourth-order valence-electron chi connectivity index (χ4n) is 2.45. The molecule has 134 valence electrons. The Morgan fingerprint density at radius 1 is 1.38 bits per heavy atom. The van der Waals surface area contributed by atoms with Crippen LogP contribution in [0.3, 0.4) is 0 Å². The van der Waals surface area contributed by atoms with Crippen molar-refractivity contribution in [1.29, 1.82) is 0 Å². The standard InChI is InChI=1S/C14H19ClN2O5S2/c1-23(19,20)17(8-11-4-2-3-5-13(11)15)9-14(18)16-12-6-7-24(21,22)10-12/h2-5,12H,6-10H2,1H3,(H,16,18). The minimum atomic E-state index is -3.64. The summed E-state index contributed by atoms with van der Waals surface area (Å²) >= 11 is 6.04. The fraction of sp³-hybridized carbons (Fsp3) is 0.500. The lowest BCUT2D eigenvalue weighted by Gasteiger charge is -2.21. The zero-order chi connectivity index (χ0) is 18.0. The summed E-state index contributed by atoms with van der Waals surface area (Å²) in [4.78, 5) is 12.1. The summed E-state index contributed by atoms with van der Waals surface area (Å²) in [5, 5.41) is 2.99. The van der Waals surface area contributed by atoms with Crippen molar-refractivity contribution in [2.45, 2.75) is 19.0 Å². The smallest absolute Gasteiger partial charge is 0.235 e. The molecule has 1 aromatic rings. The highest BCUT2D eigenvalue weighted by molar-refractivity contribution is 7.91. The second kappa shape index (κ2) is 7.38. The molecular weight excluding hydrogens is 376 g/mol. The predicted octanol–water partition coefficient (Wildman–Crippen LogP) is 0.405. The molecule has 1 N–H and O–H groups in total. The molecule has 24 heavy (non-hydrogen) atoms. The van der Waals surface area contributed by atoms with E-state index in [-0.39, 0.29) is 24.6 Å². The van der Waals surface area contributed by atoms with E-state index in [0.717, 1.165) is 10.6 Å². The van der Waals surface area contributed by atoms with E-state index in [1.807, 2.05) is 0 Å². The molecule has 1 amide bonds. The number of nitrogens with zero attached hydrogens (tertiary/aromatic N) is 1. The van der Waals surface area contributed by atoms with E-state index in [1.54, 1.807) is 24.3 Å². The molecule has 7 nitrogen and oxygen atoms in total. The third-order valence-corrected chi connectivity index (χ3v) is 7.02. The van der Waals surface area contributed by atoms with Gasteiger partial charge in [0.15, 0.2) is 9.84 Å². The highest BCUT2D eigenvalue weighted by Gasteiger charge is 2.30. The van der Waals surface area contributed by atoms with Crippen LogP contribution < -0.4 is 5.32 Å². The zero-order valence-electron chi connectivity index (χ0n) is 13.1. The molecule has 1 aromatic carbocycles. The molecule has 0 aliphatic carbocycles. The van der Waals surface area contributed by atoms with Crippen molar-refractivity contribution in [2.24, 2.45) is 0 Å². The van der Waals surface area contributed by atoms with Crippen LogP contribution in [0, 0.1) is 0 Å². The molecule has 0 saturated carbocycles. The van der Waals surface area contributed by atoms with Gasteiger partial charge in [-0.15, -0.1) is 0 Å². The molecule has 0 bridgehead atoms. The molecule has 0 spiro atoms. The van der Waals surface area contributed by atoms with Crippen molar-refractivity contribution >= 4 is 37.4 Å². The van der Waals surface area contributed by atoms with Crippen LogP contribution in [0.4, 0.5) is 0 Å². The van der Waals surface area contributed by atoms with Crippen LogP contribution in [0.25, 0.3) is 0 Å². The van der Waals surface area contributed by atoms with E-state index in [2.05, 4.69) is 5.32 Å². The van der Waals surface area contributed by atoms with E-state index < -0.39 is 31.8 Å². The lowest BCUT2D eigenvalue weighted by molar-refractivity contribution is -0.121. The summed E-state index contributed by atoms with van der Waals surface area (Å²) < 4.78 is 47.7. The van der Waals surface area contributed by atoms with Crippen LogP contribution in [0.2, 0.25) is 5.02 Å². The topological polar surface area (TPSA) is 101 Å². The first-order valence-corrected chi connectivity index (χ1v) is 11.3. The van der Waals surface area contributed by atoms with Crippen molar-refractivity contribution < 1.29 is 21.6 Å². The lowest BCUT2D eigenvalue weighted by atomic mass is 10.2. The van der Waals surface area contributed by atoms with Crippen LogP contribution in [-0.4, -0.2) is 57.4 Å². The van der Waals surface area contributed by atoms with Crippen molar-refractivity contribution in [3.8, 4) is 0 Å². The lowest BCUT2D eigenvalue weighted by Crippen LogP contribution is -2.44. The van der Waals surface area contributed by atoms with Gasteiger partial charge in [-0.3, -0.25) is 4.79 Å². The van der Waals surface area contributed by atoms with Crippen LogP contribution in [-0.2, 0) is 31.2 Å². The molecule has 1 fully saturated rings. The number of carbonyl (C=O) groups excluding carboxylic acids is 1. The van der Waals surface area contributed by atoms with Gasteiger partial charge in [0.05, 0.1) is 24.3 Å². The summed E-state index contributed by atoms with van der Waals surface area (Å²) in [5.74, 6) is -0.607. The number of hydrogen-bond donors (Lipinski definition) is 1. The van der Waals surface area contributed by atoms with Crippen molar-refractivity contribution in [1.82, 2.24) is 9.62 Å². The van der Waals surface area contributed by atoms with Crippen molar-refractivity contribution in [2.75, 3.05) is 24.3 Å². The maximum absolute atomic E-state index is 12.1. The number of sulfonamides is 1. The maximum atomic E-state index is 12.1. The van der Waals surface area contributed by atoms with E-state index >= 15 is 0 Å². The van der Waals surface area contributed by atoms with Crippen LogP contribution in [0.1, 0.15) is 12.0 Å². The number of amides is 1. The van der Waals surface area contributed by atoms with E-state index in [0.29, 0.717) is 17.0 Å². The molecule has 1 aliphatic rings. The minimum Gasteiger partial charge on any atom is -0.351 e. The number of benzene rings is 1. The predicted molar refractivity (Wildman–Crippen MR) is 91.9 cm³/mol. The number of carbonyl (C=O) groups is 1. The van der Waals surface area contributed by atoms with Crippen molar-refractivity contribution in [3.05, 3.63) is 34.9 Å². The Hall–Kier alpha value is -1.16. The number of hydrogen-bond acceptors (Lipinski definition) is 5. The number of nitrogens with one attached hydrogen (secondary N) is 1. The number of sulfone groups is 1. The Bertz CT molecular complexity index is 823. The van der Waals surface area contributed by atoms with Gasteiger partial charge in [-0.05, 0) is 18.1 Å². The van der Waals surface area contributed by atoms with Crippen LogP contribution >= 0.6 is 11.6 Å². The Labute approximate surface area is 147 Å². The first-order valence-electron chi connectivity index (χ1n) is 7.25. The number of halogens is 1. The molecule has 1 unspecified atom stereocenters. The van der Waals surface area contributed by atoms with Gasteiger partial charge in [0.1, 0.15) is 0 Å². The van der Waals surface area contributed by atoms with Crippen molar-refractivity contribution in [3.63, 3.8) is 0 Å². The molecule has 1 atom stereocenters. The summed E-state index contributed by atoms with van der Waals surface area (Å²) in [6, 6.07) is 6.31. The molecule has 1 aliphatic heterocycles. The number of rotatable bonds is 6. The minimum absolute atomic E-state index is 0.0328. The first-order chi connectivity index (χ1) is 11.1. The Morgan fingerprint density at radius 3 is 2.58 bits per heavy atom. The average molecular weight is 395 g/mol. The van der Waals surface area contributed by atoms with Crippen LogP contribution in [0.15, 0.2) is 24.3 Å². The summed E-state index contributed by atoms with van der Waals surface area (Å²) in [6.07, 6.45) is 1.36. The first kappa shape index (κ1) is 19.2. The zero-order valence-corrected chi connectivity index (χ0v) is 15.5. The second-order valence-corrected chi connectivity index (χ2v) is 10.4. The third kappa shape index (κ3) is 5.44. The highest BCUT2D eigenvalue weighted by Crippen LogP contribution is 2.18. The van der Waals surface area contributed by atoms with Gasteiger partial charge in [0.2, 0.25) is 15.9 Å². The maximum Gasteiger partial charge on any atom is 0.235 e. The van der Waals surface area contributed by atoms with E-state index in [4.69, 9.17) is 11.6 Å². The van der Waals surface area contributed by atoms with E-state index in [9.17, 15) is 21.6 Å². The van der Waals surface area contributed by atoms with Gasteiger partial charge in [-0.1, -0.05) is 29.8 Å². The Balaban J connectivity index is 2.04. The van der Waals surface area contributed by atoms with E-state index in [1.165, 1.54) is 0 Å². The third-order valence-electron chi connectivity index (χ3n) is 3.69. The fourth-order valence-corrected chi connectivity index (χ4v) is 5.04. The molecule has 10 heteroatoms. The summed E-state index contributed by atoms with van der Waals surface area (Å²) in [7, 11) is -6.75.